The molecule has 0 N–H and O–H groups in total. The van der Waals surface area contributed by atoms with Crippen LogP contribution >= 0.6 is 12.8 Å². The Kier molecular flexibility index (Phi) is 16.3. The van der Waals surface area contributed by atoms with Gasteiger partial charge in [-0.1, -0.05) is 0 Å². The van der Waals surface area contributed by atoms with Gasteiger partial charge in [-0.3, -0.25) is 0 Å². The average molecular weight is 99.1 g/mol. The third-order valence-corrected chi connectivity index (χ3v) is 0.122. The van der Waals surface area contributed by atoms with Crippen molar-refractivity contribution < 1.29 is 35.8 Å². The quantitative estimate of drug-likeness (QED) is 0.152. The average Bonchev–Trinajstić information content (AvgIpc) is 1.37. The van der Waals surface area contributed by atoms with Crippen molar-refractivity contribution in [1.29, 1.82) is 0 Å². The van der Waals surface area contributed by atoms with E-state index in [0.29, 0.717) is 0 Å². The van der Waals surface area contributed by atoms with Crippen LogP contribution in [0.15, 0.2) is 4.40 Å². The zero-order valence-corrected chi connectivity index (χ0v) is 5.70. The SMILES string of the molecule is O=C=NS.[H-].[Na+]. The molecular formula is CH2NNaOS. The molecule has 0 rings (SSSR count). The molecule has 0 aromatic rings. The van der Waals surface area contributed by atoms with E-state index >= 15 is 0 Å². The van der Waals surface area contributed by atoms with Crippen molar-refractivity contribution in [3.05, 3.63) is 0 Å². The molecule has 4 heteroatoms. The molecule has 0 aliphatic heterocycles. The van der Waals surface area contributed by atoms with Crippen molar-refractivity contribution in [2.75, 3.05) is 0 Å². The van der Waals surface area contributed by atoms with E-state index in [0.717, 1.165) is 0 Å². The van der Waals surface area contributed by atoms with Crippen LogP contribution in [0.4, 0.5) is 0 Å². The summed E-state index contributed by atoms with van der Waals surface area (Å²) in [6, 6.07) is 0. The molecule has 2 nitrogen and oxygen atoms in total. The van der Waals surface area contributed by atoms with Gasteiger partial charge in [0.15, 0.2) is 0 Å². The fourth-order valence-corrected chi connectivity index (χ4v) is 0. The van der Waals surface area contributed by atoms with Gasteiger partial charge in [0.25, 0.3) is 0 Å². The van der Waals surface area contributed by atoms with Gasteiger partial charge in [0.05, 0.1) is 0 Å². The molecule has 0 bridgehead atoms. The minimum absolute atomic E-state index is 0. The topological polar surface area (TPSA) is 29.4 Å². The van der Waals surface area contributed by atoms with Gasteiger partial charge in [-0.25, -0.2) is 4.79 Å². The number of hydrogen-bond donors (Lipinski definition) is 1. The molecule has 0 unspecified atom stereocenters. The van der Waals surface area contributed by atoms with Crippen LogP contribution < -0.4 is 29.6 Å². The van der Waals surface area contributed by atoms with Gasteiger partial charge < -0.3 is 1.43 Å². The van der Waals surface area contributed by atoms with Crippen molar-refractivity contribution in [2.24, 2.45) is 4.40 Å². The number of isocyanates is 1. The largest absolute Gasteiger partial charge is 1.00 e. The molecule has 0 spiro atoms. The van der Waals surface area contributed by atoms with Crippen LogP contribution in [-0.2, 0) is 4.79 Å². The number of nitrogens with zero attached hydrogens (tertiary/aromatic N) is 1. The van der Waals surface area contributed by atoms with Crippen LogP contribution in [0.5, 0.6) is 0 Å². The molecule has 5 heavy (non-hydrogen) atoms. The summed E-state index contributed by atoms with van der Waals surface area (Å²) in [5.41, 5.74) is 0. The minimum Gasteiger partial charge on any atom is -1.00 e. The summed E-state index contributed by atoms with van der Waals surface area (Å²) in [5.74, 6) is 0. The molecule has 0 amide bonds. The van der Waals surface area contributed by atoms with Crippen LogP contribution in [0.2, 0.25) is 0 Å². The third-order valence-electron chi connectivity index (χ3n) is 0.0408. The second kappa shape index (κ2) is 8.83. The summed E-state index contributed by atoms with van der Waals surface area (Å²) in [6.45, 7) is 0. The molecule has 0 saturated heterocycles. The van der Waals surface area contributed by atoms with Gasteiger partial charge in [0, 0.05) is 0 Å². The molecule has 0 aromatic heterocycles. The number of rotatable bonds is 0. The minimum atomic E-state index is 0. The molecule has 0 atom stereocenters. The van der Waals surface area contributed by atoms with Gasteiger partial charge >= 0.3 is 29.6 Å². The fraction of sp³-hybridized carbons (Fsp3) is 0. The molecule has 0 aliphatic rings. The van der Waals surface area contributed by atoms with Crippen molar-refractivity contribution in [1.82, 2.24) is 0 Å². The van der Waals surface area contributed by atoms with Crippen LogP contribution in [0.3, 0.4) is 0 Å². The smallest absolute Gasteiger partial charge is 1.00 e. The van der Waals surface area contributed by atoms with Crippen LogP contribution in [0.25, 0.3) is 0 Å². The molecular weight excluding hydrogens is 97.1 g/mol. The first kappa shape index (κ1) is 9.21. The summed E-state index contributed by atoms with van der Waals surface area (Å²) < 4.78 is 2.62. The maximum atomic E-state index is 8.81. The van der Waals surface area contributed by atoms with Gasteiger partial charge in [0.1, 0.15) is 0 Å². The van der Waals surface area contributed by atoms with Crippen molar-refractivity contribution in [2.45, 2.75) is 0 Å². The maximum absolute atomic E-state index is 8.81. The predicted octanol–water partition coefficient (Wildman–Crippen LogP) is -2.72. The number of carbonyl (C=O) groups excluding carboxylic acids is 1. The third kappa shape index (κ3) is 11.8. The Hall–Kier alpha value is 0.730. The Balaban J connectivity index is -0.0000000450. The fourth-order valence-electron chi connectivity index (χ4n) is 0. The molecule has 0 heterocycles. The van der Waals surface area contributed by atoms with E-state index in [2.05, 4.69) is 17.2 Å². The summed E-state index contributed by atoms with van der Waals surface area (Å²) in [4.78, 5) is 8.81. The first-order valence-electron chi connectivity index (χ1n) is 0.628. The first-order chi connectivity index (χ1) is 1.91. The van der Waals surface area contributed by atoms with Crippen LogP contribution in [0.1, 0.15) is 1.43 Å². The van der Waals surface area contributed by atoms with Gasteiger partial charge in [-0.05, 0) is 12.8 Å². The Morgan fingerprint density at radius 3 is 2.20 bits per heavy atom. The van der Waals surface area contributed by atoms with Crippen molar-refractivity contribution in [3.8, 4) is 0 Å². The van der Waals surface area contributed by atoms with E-state index in [9.17, 15) is 0 Å². The molecule has 0 saturated carbocycles. The van der Waals surface area contributed by atoms with Gasteiger partial charge in [-0.15, -0.1) is 4.40 Å². The summed E-state index contributed by atoms with van der Waals surface area (Å²) in [5, 5.41) is 0. The first-order valence-corrected chi connectivity index (χ1v) is 1.03. The van der Waals surface area contributed by atoms with Gasteiger partial charge in [-0.2, -0.15) is 0 Å². The Labute approximate surface area is 59.0 Å². The summed E-state index contributed by atoms with van der Waals surface area (Å²) >= 11 is 3.12. The monoisotopic (exact) mass is 99.0 g/mol. The number of hydrogen-bond acceptors (Lipinski definition) is 3. The zero-order valence-electron chi connectivity index (χ0n) is 3.80. The summed E-state index contributed by atoms with van der Waals surface area (Å²) in [7, 11) is 0. The second-order valence-electron chi connectivity index (χ2n) is 0.191. The van der Waals surface area contributed by atoms with Crippen molar-refractivity contribution >= 4 is 18.9 Å². The van der Waals surface area contributed by atoms with Crippen molar-refractivity contribution in [3.63, 3.8) is 0 Å². The van der Waals surface area contributed by atoms with Crippen LogP contribution in [0, 0.1) is 0 Å². The Bertz CT molecular complexity index is 53.5. The normalized spacial score (nSPS) is 3.40. The molecule has 0 fully saturated rings. The molecule has 0 aromatic carbocycles. The van der Waals surface area contributed by atoms with E-state index in [1.54, 1.807) is 0 Å². The van der Waals surface area contributed by atoms with E-state index < -0.39 is 0 Å². The van der Waals surface area contributed by atoms with E-state index in [1.807, 2.05) is 0 Å². The molecule has 24 valence electrons. The Morgan fingerprint density at radius 1 is 2.00 bits per heavy atom. The predicted molar refractivity (Wildman–Crippen MR) is 18.2 cm³/mol. The van der Waals surface area contributed by atoms with E-state index in [1.165, 1.54) is 6.08 Å². The molecule has 0 aliphatic carbocycles. The maximum Gasteiger partial charge on any atom is 1.00 e. The number of thiol groups is 1. The van der Waals surface area contributed by atoms with E-state index in [-0.39, 0.29) is 31.0 Å². The Morgan fingerprint density at radius 2 is 2.20 bits per heavy atom. The van der Waals surface area contributed by atoms with Crippen LogP contribution in [-0.4, -0.2) is 6.08 Å². The standard InChI is InChI=1S/CHNOS.Na.H/c3-1-2-4;;/h4H;;/q;+1;-1. The van der Waals surface area contributed by atoms with Gasteiger partial charge in [0.2, 0.25) is 6.08 Å². The second-order valence-corrected chi connectivity index (χ2v) is 0.391. The molecule has 0 radical (unpaired) electrons. The van der Waals surface area contributed by atoms with E-state index in [4.69, 9.17) is 4.79 Å². The zero-order chi connectivity index (χ0) is 3.41. The summed E-state index contributed by atoms with van der Waals surface area (Å²) in [6.07, 6.45) is 1.17.